The summed E-state index contributed by atoms with van der Waals surface area (Å²) in [7, 11) is 0. The molecule has 2 aromatic carbocycles. The third-order valence-corrected chi connectivity index (χ3v) is 4.95. The van der Waals surface area contributed by atoms with Crippen molar-refractivity contribution in [3.8, 4) is 5.75 Å². The third-order valence-electron chi connectivity index (χ3n) is 4.95. The van der Waals surface area contributed by atoms with Crippen molar-refractivity contribution in [3.63, 3.8) is 0 Å². The minimum atomic E-state index is -0.0928. The highest BCUT2D eigenvalue weighted by Crippen LogP contribution is 2.24. The molecule has 2 aromatic rings. The van der Waals surface area contributed by atoms with Gasteiger partial charge in [0.05, 0.1) is 6.04 Å². The number of amides is 1. The minimum absolute atomic E-state index is 0.00852. The monoisotopic (exact) mass is 337 g/mol. The van der Waals surface area contributed by atoms with Crippen LogP contribution in [0.15, 0.2) is 42.5 Å². The smallest absolute Gasteiger partial charge is 0.258 e. The van der Waals surface area contributed by atoms with Crippen LogP contribution in [0.3, 0.4) is 0 Å². The Morgan fingerprint density at radius 1 is 1.08 bits per heavy atom. The molecule has 3 heteroatoms. The van der Waals surface area contributed by atoms with Crippen molar-refractivity contribution in [1.29, 1.82) is 0 Å². The van der Waals surface area contributed by atoms with Gasteiger partial charge in [-0.3, -0.25) is 4.79 Å². The van der Waals surface area contributed by atoms with Crippen LogP contribution in [0.25, 0.3) is 0 Å². The summed E-state index contributed by atoms with van der Waals surface area (Å²) in [5.41, 5.74) is 5.34. The Morgan fingerprint density at radius 2 is 1.80 bits per heavy atom. The molecule has 132 valence electrons. The molecule has 0 fully saturated rings. The number of carbonyl (C=O) groups is 1. The van der Waals surface area contributed by atoms with E-state index in [0.717, 1.165) is 18.6 Å². The third kappa shape index (κ3) is 4.62. The number of carbonyl (C=O) groups excluding carboxylic acids is 1. The molecule has 0 bridgehead atoms. The maximum absolute atomic E-state index is 12.2. The van der Waals surface area contributed by atoms with Gasteiger partial charge in [0.1, 0.15) is 5.75 Å². The molecule has 0 spiro atoms. The number of hydrogen-bond acceptors (Lipinski definition) is 2. The lowest BCUT2D eigenvalue weighted by atomic mass is 9.89. The SMILES string of the molecule is CCc1ccc(OCC(=O)NC(C)c2ccc3c(c2)CCCC3)cc1. The molecule has 0 saturated heterocycles. The van der Waals surface area contributed by atoms with E-state index in [9.17, 15) is 4.79 Å². The van der Waals surface area contributed by atoms with Crippen LogP contribution in [0.5, 0.6) is 5.75 Å². The molecular formula is C22H27NO2. The zero-order chi connectivity index (χ0) is 17.6. The lowest BCUT2D eigenvalue weighted by Gasteiger charge is -2.20. The van der Waals surface area contributed by atoms with Gasteiger partial charge in [-0.05, 0) is 73.4 Å². The summed E-state index contributed by atoms with van der Waals surface area (Å²) in [4.78, 5) is 12.2. The fraction of sp³-hybridized carbons (Fsp3) is 0.409. The first-order chi connectivity index (χ1) is 12.2. The number of hydrogen-bond donors (Lipinski definition) is 1. The van der Waals surface area contributed by atoms with Gasteiger partial charge >= 0.3 is 0 Å². The number of benzene rings is 2. The molecule has 0 radical (unpaired) electrons. The van der Waals surface area contributed by atoms with Gasteiger partial charge in [-0.1, -0.05) is 37.3 Å². The van der Waals surface area contributed by atoms with E-state index >= 15 is 0 Å². The first-order valence-electron chi connectivity index (χ1n) is 9.28. The summed E-state index contributed by atoms with van der Waals surface area (Å²) in [6, 6.07) is 14.5. The predicted molar refractivity (Wildman–Crippen MR) is 101 cm³/mol. The summed E-state index contributed by atoms with van der Waals surface area (Å²) in [5.74, 6) is 0.638. The molecule has 3 rings (SSSR count). The zero-order valence-corrected chi connectivity index (χ0v) is 15.2. The molecule has 1 unspecified atom stereocenters. The molecular weight excluding hydrogens is 310 g/mol. The Labute approximate surface area is 150 Å². The summed E-state index contributed by atoms with van der Waals surface area (Å²) >= 11 is 0. The molecule has 1 atom stereocenters. The average molecular weight is 337 g/mol. The topological polar surface area (TPSA) is 38.3 Å². The van der Waals surface area contributed by atoms with E-state index in [4.69, 9.17) is 4.74 Å². The van der Waals surface area contributed by atoms with Crippen molar-refractivity contribution < 1.29 is 9.53 Å². The predicted octanol–water partition coefficient (Wildman–Crippen LogP) is 4.38. The van der Waals surface area contributed by atoms with Crippen molar-refractivity contribution in [3.05, 3.63) is 64.7 Å². The molecule has 1 aliphatic carbocycles. The maximum atomic E-state index is 12.2. The van der Waals surface area contributed by atoms with E-state index in [2.05, 4.69) is 30.4 Å². The van der Waals surface area contributed by atoms with E-state index in [1.807, 2.05) is 31.2 Å². The molecule has 25 heavy (non-hydrogen) atoms. The second kappa shape index (κ2) is 8.19. The van der Waals surface area contributed by atoms with Gasteiger partial charge in [0.2, 0.25) is 0 Å². The van der Waals surface area contributed by atoms with Crippen molar-refractivity contribution in [1.82, 2.24) is 5.32 Å². The van der Waals surface area contributed by atoms with Crippen LogP contribution in [0.2, 0.25) is 0 Å². The molecule has 3 nitrogen and oxygen atoms in total. The van der Waals surface area contributed by atoms with Crippen molar-refractivity contribution >= 4 is 5.91 Å². The molecule has 0 heterocycles. The Kier molecular flexibility index (Phi) is 5.75. The number of aryl methyl sites for hydroxylation is 3. The van der Waals surface area contributed by atoms with Gasteiger partial charge in [-0.15, -0.1) is 0 Å². The normalized spacial score (nSPS) is 14.5. The van der Waals surface area contributed by atoms with Crippen molar-refractivity contribution in [2.24, 2.45) is 0 Å². The summed E-state index contributed by atoms with van der Waals surface area (Å²) in [5, 5.41) is 3.03. The Balaban J connectivity index is 1.53. The van der Waals surface area contributed by atoms with E-state index < -0.39 is 0 Å². The van der Waals surface area contributed by atoms with Crippen LogP contribution in [0.4, 0.5) is 0 Å². The highest BCUT2D eigenvalue weighted by Gasteiger charge is 2.14. The fourth-order valence-electron chi connectivity index (χ4n) is 3.36. The average Bonchev–Trinajstić information content (AvgIpc) is 2.66. The van der Waals surface area contributed by atoms with Gasteiger partial charge in [0.15, 0.2) is 6.61 Å². The molecule has 1 aliphatic rings. The first kappa shape index (κ1) is 17.5. The lowest BCUT2D eigenvalue weighted by molar-refractivity contribution is -0.123. The maximum Gasteiger partial charge on any atom is 0.258 e. The van der Waals surface area contributed by atoms with E-state index in [0.29, 0.717) is 0 Å². The standard InChI is InChI=1S/C22H27NO2/c1-3-17-8-12-21(13-9-17)25-15-22(24)23-16(2)19-11-10-18-6-4-5-7-20(18)14-19/h8-14,16H,3-7,15H2,1-2H3,(H,23,24). The van der Waals surface area contributed by atoms with Crippen LogP contribution in [-0.2, 0) is 24.1 Å². The summed E-state index contributed by atoms with van der Waals surface area (Å²) in [6.45, 7) is 4.19. The number of nitrogens with one attached hydrogen (secondary N) is 1. The van der Waals surface area contributed by atoms with Gasteiger partial charge in [0, 0.05) is 0 Å². The molecule has 0 aliphatic heterocycles. The molecule has 0 saturated carbocycles. The molecule has 0 aromatic heterocycles. The lowest BCUT2D eigenvalue weighted by Crippen LogP contribution is -2.31. The van der Waals surface area contributed by atoms with E-state index in [-0.39, 0.29) is 18.6 Å². The Bertz CT molecular complexity index is 721. The Morgan fingerprint density at radius 3 is 2.52 bits per heavy atom. The van der Waals surface area contributed by atoms with Crippen LogP contribution >= 0.6 is 0 Å². The fourth-order valence-corrected chi connectivity index (χ4v) is 3.36. The van der Waals surface area contributed by atoms with Crippen molar-refractivity contribution in [2.45, 2.75) is 52.0 Å². The Hall–Kier alpha value is -2.29. The molecule has 1 N–H and O–H groups in total. The van der Waals surface area contributed by atoms with E-state index in [1.54, 1.807) is 0 Å². The van der Waals surface area contributed by atoms with Crippen LogP contribution in [0.1, 0.15) is 55.0 Å². The zero-order valence-electron chi connectivity index (χ0n) is 15.2. The number of rotatable bonds is 6. The van der Waals surface area contributed by atoms with E-state index in [1.165, 1.54) is 41.5 Å². The second-order valence-corrected chi connectivity index (χ2v) is 6.81. The quantitative estimate of drug-likeness (QED) is 0.849. The van der Waals surface area contributed by atoms with Crippen LogP contribution in [0, 0.1) is 0 Å². The van der Waals surface area contributed by atoms with Gasteiger partial charge in [0.25, 0.3) is 5.91 Å². The highest BCUT2D eigenvalue weighted by molar-refractivity contribution is 5.78. The van der Waals surface area contributed by atoms with Crippen LogP contribution in [-0.4, -0.2) is 12.5 Å². The number of ether oxygens (including phenoxy) is 1. The minimum Gasteiger partial charge on any atom is -0.484 e. The highest BCUT2D eigenvalue weighted by atomic mass is 16.5. The van der Waals surface area contributed by atoms with Gasteiger partial charge in [-0.2, -0.15) is 0 Å². The number of fused-ring (bicyclic) bond motifs is 1. The summed E-state index contributed by atoms with van der Waals surface area (Å²) < 4.78 is 5.58. The van der Waals surface area contributed by atoms with Crippen LogP contribution < -0.4 is 10.1 Å². The second-order valence-electron chi connectivity index (χ2n) is 6.81. The largest absolute Gasteiger partial charge is 0.484 e. The van der Waals surface area contributed by atoms with Gasteiger partial charge in [-0.25, -0.2) is 0 Å². The van der Waals surface area contributed by atoms with Crippen molar-refractivity contribution in [2.75, 3.05) is 6.61 Å². The first-order valence-corrected chi connectivity index (χ1v) is 9.28. The van der Waals surface area contributed by atoms with Gasteiger partial charge < -0.3 is 10.1 Å². The summed E-state index contributed by atoms with van der Waals surface area (Å²) in [6.07, 6.45) is 5.89. The molecule has 1 amide bonds.